The van der Waals surface area contributed by atoms with Gasteiger partial charge in [0, 0.05) is 48.3 Å². The minimum Gasteiger partial charge on any atom is -0.381 e. The molecule has 1 aromatic carbocycles. The maximum absolute atomic E-state index is 5.71. The van der Waals surface area contributed by atoms with Crippen LogP contribution in [0.5, 0.6) is 0 Å². The van der Waals surface area contributed by atoms with Crippen molar-refractivity contribution in [3.05, 3.63) is 28.7 Å². The molecule has 2 nitrogen and oxygen atoms in total. The van der Waals surface area contributed by atoms with Gasteiger partial charge in [0.15, 0.2) is 0 Å². The van der Waals surface area contributed by atoms with E-state index in [1.54, 1.807) is 0 Å². The monoisotopic (exact) mass is 316 g/mol. The molecule has 0 saturated carbocycles. The second kappa shape index (κ2) is 6.23. The van der Waals surface area contributed by atoms with Crippen LogP contribution in [0.2, 0.25) is 0 Å². The quantitative estimate of drug-likeness (QED) is 0.788. The van der Waals surface area contributed by atoms with Crippen LogP contribution >= 0.6 is 27.7 Å². The maximum Gasteiger partial charge on any atom is 0.0816 e. The molecule has 0 unspecified atom stereocenters. The highest BCUT2D eigenvalue weighted by Crippen LogP contribution is 2.32. The Morgan fingerprint density at radius 2 is 1.94 bits per heavy atom. The standard InChI is InChI=1S/C13H17BrO2S/c1-15-13(6-8-16-9-7-13)10-17-12-4-2-11(14)3-5-12/h2-5H,6-10H2,1H3. The van der Waals surface area contributed by atoms with E-state index in [-0.39, 0.29) is 5.60 Å². The van der Waals surface area contributed by atoms with E-state index in [4.69, 9.17) is 9.47 Å². The van der Waals surface area contributed by atoms with E-state index in [1.165, 1.54) is 4.90 Å². The Bertz CT molecular complexity index is 347. The van der Waals surface area contributed by atoms with E-state index >= 15 is 0 Å². The molecule has 1 fully saturated rings. The summed E-state index contributed by atoms with van der Waals surface area (Å²) in [4.78, 5) is 1.29. The fraction of sp³-hybridized carbons (Fsp3) is 0.538. The molecule has 1 aliphatic heterocycles. The van der Waals surface area contributed by atoms with Gasteiger partial charge in [-0.1, -0.05) is 15.9 Å². The Balaban J connectivity index is 1.93. The molecule has 0 radical (unpaired) electrons. The van der Waals surface area contributed by atoms with Crippen molar-refractivity contribution in [1.29, 1.82) is 0 Å². The Labute approximate surface area is 115 Å². The van der Waals surface area contributed by atoms with E-state index in [0.717, 1.165) is 36.3 Å². The van der Waals surface area contributed by atoms with Crippen molar-refractivity contribution < 1.29 is 9.47 Å². The fourth-order valence-electron chi connectivity index (χ4n) is 1.90. The van der Waals surface area contributed by atoms with Gasteiger partial charge in [-0.2, -0.15) is 0 Å². The third kappa shape index (κ3) is 3.71. The van der Waals surface area contributed by atoms with Gasteiger partial charge in [0.2, 0.25) is 0 Å². The van der Waals surface area contributed by atoms with Crippen molar-refractivity contribution in [2.24, 2.45) is 0 Å². The predicted octanol–water partition coefficient (Wildman–Crippen LogP) is 3.74. The van der Waals surface area contributed by atoms with E-state index in [0.29, 0.717) is 0 Å². The molecule has 0 amide bonds. The Hall–Kier alpha value is -0.0300. The van der Waals surface area contributed by atoms with E-state index in [9.17, 15) is 0 Å². The van der Waals surface area contributed by atoms with Gasteiger partial charge in [-0.25, -0.2) is 0 Å². The number of ether oxygens (including phenoxy) is 2. The molecule has 1 aliphatic rings. The zero-order valence-electron chi connectivity index (χ0n) is 9.95. The van der Waals surface area contributed by atoms with Gasteiger partial charge in [0.1, 0.15) is 0 Å². The fourth-order valence-corrected chi connectivity index (χ4v) is 3.33. The molecule has 0 N–H and O–H groups in total. The lowest BCUT2D eigenvalue weighted by molar-refractivity contribution is -0.0741. The van der Waals surface area contributed by atoms with Crippen molar-refractivity contribution in [3.63, 3.8) is 0 Å². The first-order valence-electron chi connectivity index (χ1n) is 5.75. The first-order valence-corrected chi connectivity index (χ1v) is 7.53. The van der Waals surface area contributed by atoms with Crippen LogP contribution in [0.25, 0.3) is 0 Å². The number of hydrogen-bond acceptors (Lipinski definition) is 3. The first kappa shape index (κ1) is 13.4. The normalized spacial score (nSPS) is 19.2. The molecule has 1 aromatic rings. The predicted molar refractivity (Wildman–Crippen MR) is 74.7 cm³/mol. The molecule has 4 heteroatoms. The summed E-state index contributed by atoms with van der Waals surface area (Å²) in [5.41, 5.74) is -0.00398. The molecular weight excluding hydrogens is 300 g/mol. The van der Waals surface area contributed by atoms with Gasteiger partial charge in [0.05, 0.1) is 5.60 Å². The van der Waals surface area contributed by atoms with Crippen LogP contribution in [0.15, 0.2) is 33.6 Å². The Kier molecular flexibility index (Phi) is 4.91. The SMILES string of the molecule is COC1(CSc2ccc(Br)cc2)CCOCC1. The summed E-state index contributed by atoms with van der Waals surface area (Å²) in [7, 11) is 1.81. The molecule has 17 heavy (non-hydrogen) atoms. The largest absolute Gasteiger partial charge is 0.381 e. The van der Waals surface area contributed by atoms with Gasteiger partial charge < -0.3 is 9.47 Å². The minimum atomic E-state index is -0.00398. The zero-order chi connectivity index (χ0) is 12.1. The summed E-state index contributed by atoms with van der Waals surface area (Å²) >= 11 is 5.30. The number of benzene rings is 1. The van der Waals surface area contributed by atoms with Crippen LogP contribution in [0.3, 0.4) is 0 Å². The van der Waals surface area contributed by atoms with Crippen LogP contribution < -0.4 is 0 Å². The third-order valence-corrected chi connectivity index (χ3v) is 4.96. The highest BCUT2D eigenvalue weighted by atomic mass is 79.9. The molecule has 0 atom stereocenters. The van der Waals surface area contributed by atoms with Gasteiger partial charge in [0.25, 0.3) is 0 Å². The topological polar surface area (TPSA) is 18.5 Å². The zero-order valence-corrected chi connectivity index (χ0v) is 12.4. The van der Waals surface area contributed by atoms with Gasteiger partial charge in [-0.15, -0.1) is 11.8 Å². The van der Waals surface area contributed by atoms with Crippen molar-refractivity contribution in [1.82, 2.24) is 0 Å². The third-order valence-electron chi connectivity index (χ3n) is 3.15. The number of halogens is 1. The van der Waals surface area contributed by atoms with E-state index in [2.05, 4.69) is 40.2 Å². The number of hydrogen-bond donors (Lipinski definition) is 0. The lowest BCUT2D eigenvalue weighted by Gasteiger charge is -2.35. The minimum absolute atomic E-state index is 0.00398. The summed E-state index contributed by atoms with van der Waals surface area (Å²) in [6.45, 7) is 1.63. The van der Waals surface area contributed by atoms with Crippen molar-refractivity contribution in [3.8, 4) is 0 Å². The molecule has 1 heterocycles. The van der Waals surface area contributed by atoms with E-state index in [1.807, 2.05) is 18.9 Å². The van der Waals surface area contributed by atoms with Crippen molar-refractivity contribution in [2.75, 3.05) is 26.1 Å². The molecule has 0 bridgehead atoms. The second-order valence-corrected chi connectivity index (χ2v) is 6.21. The highest BCUT2D eigenvalue weighted by Gasteiger charge is 2.32. The Morgan fingerprint density at radius 1 is 1.29 bits per heavy atom. The first-order chi connectivity index (χ1) is 8.24. The van der Waals surface area contributed by atoms with Crippen LogP contribution in [-0.2, 0) is 9.47 Å². The van der Waals surface area contributed by atoms with Crippen LogP contribution in [0.4, 0.5) is 0 Å². The number of rotatable bonds is 4. The second-order valence-electron chi connectivity index (χ2n) is 4.24. The summed E-state index contributed by atoms with van der Waals surface area (Å²) in [6, 6.07) is 8.42. The summed E-state index contributed by atoms with van der Waals surface area (Å²) in [5, 5.41) is 0. The molecule has 1 saturated heterocycles. The van der Waals surface area contributed by atoms with Crippen molar-refractivity contribution >= 4 is 27.7 Å². The summed E-state index contributed by atoms with van der Waals surface area (Å²) in [5.74, 6) is 0.995. The van der Waals surface area contributed by atoms with Crippen molar-refractivity contribution in [2.45, 2.75) is 23.3 Å². The molecular formula is C13H17BrO2S. The molecule has 0 aromatic heterocycles. The van der Waals surface area contributed by atoms with Crippen LogP contribution in [0, 0.1) is 0 Å². The molecule has 0 aliphatic carbocycles. The number of thioether (sulfide) groups is 1. The Morgan fingerprint density at radius 3 is 2.53 bits per heavy atom. The lowest BCUT2D eigenvalue weighted by atomic mass is 9.97. The average molecular weight is 317 g/mol. The molecule has 2 rings (SSSR count). The average Bonchev–Trinajstić information content (AvgIpc) is 2.39. The van der Waals surface area contributed by atoms with E-state index < -0.39 is 0 Å². The van der Waals surface area contributed by atoms with Crippen LogP contribution in [-0.4, -0.2) is 31.7 Å². The van der Waals surface area contributed by atoms with Gasteiger partial charge in [-0.3, -0.25) is 0 Å². The smallest absolute Gasteiger partial charge is 0.0816 e. The lowest BCUT2D eigenvalue weighted by Crippen LogP contribution is -2.40. The van der Waals surface area contributed by atoms with Gasteiger partial charge in [-0.05, 0) is 24.3 Å². The highest BCUT2D eigenvalue weighted by molar-refractivity contribution is 9.10. The summed E-state index contributed by atoms with van der Waals surface area (Å²) < 4.78 is 12.2. The molecule has 94 valence electrons. The number of methoxy groups -OCH3 is 1. The molecule has 0 spiro atoms. The van der Waals surface area contributed by atoms with Gasteiger partial charge >= 0.3 is 0 Å². The summed E-state index contributed by atoms with van der Waals surface area (Å²) in [6.07, 6.45) is 1.99. The maximum atomic E-state index is 5.71. The van der Waals surface area contributed by atoms with Crippen LogP contribution in [0.1, 0.15) is 12.8 Å².